The Labute approximate surface area is 106 Å². The largest absolute Gasteiger partial charge is 0.435 e. The molecule has 1 heterocycles. The third-order valence-corrected chi connectivity index (χ3v) is 3.47. The van der Waals surface area contributed by atoms with E-state index in [-0.39, 0.29) is 11.3 Å². The fourth-order valence-electron chi connectivity index (χ4n) is 2.48. The van der Waals surface area contributed by atoms with E-state index < -0.39 is 6.61 Å². The van der Waals surface area contributed by atoms with Crippen molar-refractivity contribution in [1.82, 2.24) is 10.6 Å². The Kier molecular flexibility index (Phi) is 4.14. The first-order valence-electron chi connectivity index (χ1n) is 6.11. The molecule has 2 rings (SSSR count). The molecule has 1 aliphatic rings. The molecule has 2 N–H and O–H groups in total. The molecule has 0 aliphatic carbocycles. The van der Waals surface area contributed by atoms with Gasteiger partial charge in [0.15, 0.2) is 0 Å². The monoisotopic (exact) mass is 256 g/mol. The molecule has 0 aromatic heterocycles. The third-order valence-electron chi connectivity index (χ3n) is 3.47. The zero-order valence-corrected chi connectivity index (χ0v) is 10.4. The summed E-state index contributed by atoms with van der Waals surface area (Å²) >= 11 is 0. The molecule has 5 heteroatoms. The summed E-state index contributed by atoms with van der Waals surface area (Å²) in [5.41, 5.74) is 0.787. The van der Waals surface area contributed by atoms with Crippen molar-refractivity contribution in [2.45, 2.75) is 25.0 Å². The van der Waals surface area contributed by atoms with Gasteiger partial charge in [0.25, 0.3) is 0 Å². The smallest absolute Gasteiger partial charge is 0.387 e. The van der Waals surface area contributed by atoms with Gasteiger partial charge >= 0.3 is 6.61 Å². The van der Waals surface area contributed by atoms with Crippen LogP contribution in [0.25, 0.3) is 0 Å². The number of hydrogen-bond donors (Lipinski definition) is 2. The molecule has 1 aliphatic heterocycles. The van der Waals surface area contributed by atoms with Crippen LogP contribution in [-0.2, 0) is 5.54 Å². The molecule has 1 fully saturated rings. The molecule has 0 bridgehead atoms. The minimum Gasteiger partial charge on any atom is -0.435 e. The van der Waals surface area contributed by atoms with Gasteiger partial charge in [-0.25, -0.2) is 0 Å². The molecule has 1 saturated heterocycles. The first kappa shape index (κ1) is 13.2. The molecule has 1 aromatic carbocycles. The van der Waals surface area contributed by atoms with Crippen molar-refractivity contribution in [3.63, 3.8) is 0 Å². The van der Waals surface area contributed by atoms with Gasteiger partial charge < -0.3 is 15.4 Å². The van der Waals surface area contributed by atoms with Gasteiger partial charge in [-0.2, -0.15) is 8.78 Å². The van der Waals surface area contributed by atoms with Crippen molar-refractivity contribution in [2.75, 3.05) is 20.1 Å². The van der Waals surface area contributed by atoms with Gasteiger partial charge in [-0.1, -0.05) is 12.1 Å². The van der Waals surface area contributed by atoms with E-state index in [0.29, 0.717) is 0 Å². The highest BCUT2D eigenvalue weighted by Gasteiger charge is 2.32. The summed E-state index contributed by atoms with van der Waals surface area (Å²) in [7, 11) is 1.90. The van der Waals surface area contributed by atoms with Crippen LogP contribution in [-0.4, -0.2) is 26.7 Å². The number of alkyl halides is 2. The Bertz CT molecular complexity index is 392. The van der Waals surface area contributed by atoms with Crippen molar-refractivity contribution < 1.29 is 13.5 Å². The molecule has 1 atom stereocenters. The van der Waals surface area contributed by atoms with Crippen molar-refractivity contribution in [1.29, 1.82) is 0 Å². The average molecular weight is 256 g/mol. The van der Waals surface area contributed by atoms with Crippen molar-refractivity contribution in [3.8, 4) is 5.75 Å². The molecule has 1 aromatic rings. The van der Waals surface area contributed by atoms with Crippen LogP contribution in [0.4, 0.5) is 8.78 Å². The molecular formula is C13H18F2N2O. The van der Waals surface area contributed by atoms with E-state index in [1.807, 2.05) is 13.1 Å². The Balaban J connectivity index is 2.25. The van der Waals surface area contributed by atoms with Crippen molar-refractivity contribution in [3.05, 3.63) is 29.8 Å². The SMILES string of the molecule is CNC1(c2cccc(OC(F)F)c2)CCCNC1. The Morgan fingerprint density at radius 3 is 2.89 bits per heavy atom. The molecule has 18 heavy (non-hydrogen) atoms. The number of rotatable bonds is 4. The zero-order valence-electron chi connectivity index (χ0n) is 10.4. The first-order valence-corrected chi connectivity index (χ1v) is 6.11. The first-order chi connectivity index (χ1) is 8.66. The van der Waals surface area contributed by atoms with Crippen molar-refractivity contribution >= 4 is 0 Å². The summed E-state index contributed by atoms with van der Waals surface area (Å²) in [5.74, 6) is 0.211. The quantitative estimate of drug-likeness (QED) is 0.865. The van der Waals surface area contributed by atoms with E-state index in [0.717, 1.165) is 31.5 Å². The van der Waals surface area contributed by atoms with Crippen LogP contribution in [0.5, 0.6) is 5.75 Å². The van der Waals surface area contributed by atoms with E-state index in [9.17, 15) is 8.78 Å². The van der Waals surface area contributed by atoms with E-state index in [4.69, 9.17) is 0 Å². The standard InChI is InChI=1S/C13H18F2N2O/c1-16-13(6-3-7-17-9-13)10-4-2-5-11(8-10)18-12(14)15/h2,4-5,8,12,16-17H,3,6-7,9H2,1H3. The summed E-state index contributed by atoms with van der Waals surface area (Å²) in [6, 6.07) is 6.94. The number of piperidine rings is 1. The predicted octanol–water partition coefficient (Wildman–Crippen LogP) is 2.09. The summed E-state index contributed by atoms with van der Waals surface area (Å²) in [6.45, 7) is -0.992. The molecule has 0 saturated carbocycles. The fraction of sp³-hybridized carbons (Fsp3) is 0.538. The minimum atomic E-state index is -2.78. The zero-order chi connectivity index (χ0) is 13.0. The van der Waals surface area contributed by atoms with Crippen LogP contribution < -0.4 is 15.4 Å². The Morgan fingerprint density at radius 1 is 1.44 bits per heavy atom. The van der Waals surface area contributed by atoms with Crippen LogP contribution in [0.2, 0.25) is 0 Å². The number of halogens is 2. The van der Waals surface area contributed by atoms with Crippen LogP contribution >= 0.6 is 0 Å². The topological polar surface area (TPSA) is 33.3 Å². The lowest BCUT2D eigenvalue weighted by atomic mass is 9.83. The average Bonchev–Trinajstić information content (AvgIpc) is 2.39. The second kappa shape index (κ2) is 5.63. The van der Waals surface area contributed by atoms with Crippen LogP contribution in [0, 0.1) is 0 Å². The highest BCUT2D eigenvalue weighted by atomic mass is 19.3. The van der Waals surface area contributed by atoms with E-state index in [1.165, 1.54) is 0 Å². The third kappa shape index (κ3) is 2.79. The molecular weight excluding hydrogens is 238 g/mol. The Hall–Kier alpha value is -1.20. The summed E-state index contributed by atoms with van der Waals surface area (Å²) in [5, 5.41) is 6.64. The maximum atomic E-state index is 12.2. The highest BCUT2D eigenvalue weighted by molar-refractivity contribution is 5.34. The fourth-order valence-corrected chi connectivity index (χ4v) is 2.48. The summed E-state index contributed by atoms with van der Waals surface area (Å²) < 4.78 is 28.9. The molecule has 3 nitrogen and oxygen atoms in total. The molecule has 0 radical (unpaired) electrons. The van der Waals surface area contributed by atoms with Gasteiger partial charge in [-0.15, -0.1) is 0 Å². The van der Waals surface area contributed by atoms with Gasteiger partial charge in [-0.3, -0.25) is 0 Å². The van der Waals surface area contributed by atoms with Crippen LogP contribution in [0.3, 0.4) is 0 Å². The van der Waals surface area contributed by atoms with Gasteiger partial charge in [0.2, 0.25) is 0 Å². The lowest BCUT2D eigenvalue weighted by Gasteiger charge is -2.38. The highest BCUT2D eigenvalue weighted by Crippen LogP contribution is 2.30. The predicted molar refractivity (Wildman–Crippen MR) is 65.9 cm³/mol. The molecule has 0 amide bonds. The molecule has 100 valence electrons. The maximum absolute atomic E-state index is 12.2. The van der Waals surface area contributed by atoms with Gasteiger partial charge in [0.1, 0.15) is 5.75 Å². The van der Waals surface area contributed by atoms with Crippen LogP contribution in [0.15, 0.2) is 24.3 Å². The van der Waals surface area contributed by atoms with E-state index in [1.54, 1.807) is 18.2 Å². The maximum Gasteiger partial charge on any atom is 0.387 e. The van der Waals surface area contributed by atoms with Crippen LogP contribution in [0.1, 0.15) is 18.4 Å². The molecule has 0 spiro atoms. The minimum absolute atomic E-state index is 0.195. The van der Waals surface area contributed by atoms with Gasteiger partial charge in [0.05, 0.1) is 5.54 Å². The number of likely N-dealkylation sites (N-methyl/N-ethyl adjacent to an activating group) is 1. The number of ether oxygens (including phenoxy) is 1. The second-order valence-corrected chi connectivity index (χ2v) is 4.52. The van der Waals surface area contributed by atoms with E-state index >= 15 is 0 Å². The van der Waals surface area contributed by atoms with Gasteiger partial charge in [-0.05, 0) is 44.1 Å². The lowest BCUT2D eigenvalue weighted by Crippen LogP contribution is -2.51. The van der Waals surface area contributed by atoms with Gasteiger partial charge in [0, 0.05) is 6.54 Å². The number of nitrogens with one attached hydrogen (secondary N) is 2. The summed E-state index contributed by atoms with van der Waals surface area (Å²) in [4.78, 5) is 0. The van der Waals surface area contributed by atoms with Crippen molar-refractivity contribution in [2.24, 2.45) is 0 Å². The lowest BCUT2D eigenvalue weighted by molar-refractivity contribution is -0.0499. The van der Waals surface area contributed by atoms with E-state index in [2.05, 4.69) is 15.4 Å². The molecule has 1 unspecified atom stereocenters. The second-order valence-electron chi connectivity index (χ2n) is 4.52. The Morgan fingerprint density at radius 2 is 2.28 bits per heavy atom. The number of benzene rings is 1. The number of hydrogen-bond acceptors (Lipinski definition) is 3. The summed E-state index contributed by atoms with van der Waals surface area (Å²) in [6.07, 6.45) is 2.04. The normalized spacial score (nSPS) is 24.2.